The fourth-order valence-corrected chi connectivity index (χ4v) is 0.975. The molecule has 0 aromatic heterocycles. The molecule has 0 saturated heterocycles. The Hall–Kier alpha value is -0.0400. The smallest absolute Gasteiger partial charge is 0.0598 e. The average molecular weight is 186 g/mol. The van der Waals surface area contributed by atoms with Crippen LogP contribution in [0.15, 0.2) is 0 Å². The van der Waals surface area contributed by atoms with Crippen LogP contribution in [0.4, 0.5) is 0 Å². The van der Waals surface area contributed by atoms with Crippen molar-refractivity contribution in [1.82, 2.24) is 0 Å². The van der Waals surface area contributed by atoms with Crippen LogP contribution in [0.25, 0.3) is 0 Å². The van der Waals surface area contributed by atoms with Crippen molar-refractivity contribution < 1.29 is 4.74 Å². The Bertz CT molecular complexity index is 136. The van der Waals surface area contributed by atoms with Crippen molar-refractivity contribution in [3.63, 3.8) is 0 Å². The van der Waals surface area contributed by atoms with Gasteiger partial charge in [-0.05, 0) is 38.5 Å². The first-order valence-electron chi connectivity index (χ1n) is 5.27. The maximum absolute atomic E-state index is 5.70. The van der Waals surface area contributed by atoms with Gasteiger partial charge in [-0.2, -0.15) is 0 Å². The Morgan fingerprint density at radius 2 is 1.46 bits per heavy atom. The lowest BCUT2D eigenvalue weighted by Gasteiger charge is -2.28. The van der Waals surface area contributed by atoms with Crippen LogP contribution in [0.1, 0.15) is 54.9 Å². The molecule has 0 saturated carbocycles. The first-order valence-corrected chi connectivity index (χ1v) is 5.27. The van der Waals surface area contributed by atoms with Crippen LogP contribution in [-0.2, 0) is 4.74 Å². The van der Waals surface area contributed by atoms with E-state index in [0.717, 1.165) is 18.9 Å². The fraction of sp³-hybridized carbons (Fsp3) is 1.00. The molecule has 0 radical (unpaired) electrons. The second kappa shape index (κ2) is 4.45. The molecule has 0 rings (SSSR count). The molecular weight excluding hydrogens is 160 g/mol. The van der Waals surface area contributed by atoms with Gasteiger partial charge in [0.2, 0.25) is 0 Å². The molecule has 0 aliphatic rings. The minimum absolute atomic E-state index is 0.0115. The Morgan fingerprint density at radius 1 is 1.00 bits per heavy atom. The van der Waals surface area contributed by atoms with E-state index in [1.54, 1.807) is 0 Å². The number of hydrogen-bond donors (Lipinski definition) is 0. The highest BCUT2D eigenvalue weighted by atomic mass is 16.5. The molecule has 0 amide bonds. The highest BCUT2D eigenvalue weighted by Gasteiger charge is 2.20. The van der Waals surface area contributed by atoms with Crippen LogP contribution in [0.5, 0.6) is 0 Å². The molecule has 13 heavy (non-hydrogen) atoms. The lowest BCUT2D eigenvalue weighted by molar-refractivity contribution is -0.0141. The monoisotopic (exact) mass is 186 g/mol. The van der Waals surface area contributed by atoms with Crippen LogP contribution in [-0.4, -0.2) is 12.2 Å². The summed E-state index contributed by atoms with van der Waals surface area (Å²) in [6.07, 6.45) is 1.15. The lowest BCUT2D eigenvalue weighted by atomic mass is 9.80. The van der Waals surface area contributed by atoms with E-state index in [-0.39, 0.29) is 5.60 Å². The van der Waals surface area contributed by atoms with Crippen molar-refractivity contribution in [2.24, 2.45) is 11.3 Å². The highest BCUT2D eigenvalue weighted by Crippen LogP contribution is 2.28. The second-order valence-electron chi connectivity index (χ2n) is 6.02. The van der Waals surface area contributed by atoms with E-state index in [1.165, 1.54) is 0 Å². The largest absolute Gasteiger partial charge is 0.376 e. The van der Waals surface area contributed by atoms with Crippen molar-refractivity contribution in [2.45, 2.75) is 60.5 Å². The normalized spacial score (nSPS) is 15.9. The van der Waals surface area contributed by atoms with Gasteiger partial charge in [0.15, 0.2) is 0 Å². The third kappa shape index (κ3) is 7.06. The summed E-state index contributed by atoms with van der Waals surface area (Å²) in [4.78, 5) is 0. The summed E-state index contributed by atoms with van der Waals surface area (Å²) >= 11 is 0. The third-order valence-corrected chi connectivity index (χ3v) is 2.56. The van der Waals surface area contributed by atoms with E-state index < -0.39 is 0 Å². The third-order valence-electron chi connectivity index (χ3n) is 2.56. The molecule has 0 N–H and O–H groups in total. The van der Waals surface area contributed by atoms with Crippen LogP contribution in [0, 0.1) is 11.3 Å². The predicted molar refractivity (Wildman–Crippen MR) is 58.9 cm³/mol. The summed E-state index contributed by atoms with van der Waals surface area (Å²) in [6, 6.07) is 0. The van der Waals surface area contributed by atoms with Gasteiger partial charge in [-0.25, -0.2) is 0 Å². The van der Waals surface area contributed by atoms with Gasteiger partial charge in [0, 0.05) is 6.61 Å². The van der Waals surface area contributed by atoms with Gasteiger partial charge in [0.25, 0.3) is 0 Å². The van der Waals surface area contributed by atoms with E-state index in [0.29, 0.717) is 5.41 Å². The first-order chi connectivity index (χ1) is 5.63. The molecule has 80 valence electrons. The number of ether oxygens (including phenoxy) is 1. The zero-order valence-electron chi connectivity index (χ0n) is 10.4. The molecule has 0 heterocycles. The summed E-state index contributed by atoms with van der Waals surface area (Å²) in [5, 5.41) is 0. The molecule has 0 aromatic carbocycles. The van der Waals surface area contributed by atoms with Gasteiger partial charge < -0.3 is 4.74 Å². The van der Waals surface area contributed by atoms with Crippen molar-refractivity contribution in [1.29, 1.82) is 0 Å². The molecule has 0 aliphatic carbocycles. The predicted octanol–water partition coefficient (Wildman–Crippen LogP) is 3.87. The number of hydrogen-bond acceptors (Lipinski definition) is 1. The zero-order valence-corrected chi connectivity index (χ0v) is 10.4. The highest BCUT2D eigenvalue weighted by molar-refractivity contribution is 4.70. The minimum Gasteiger partial charge on any atom is -0.376 e. The SMILES string of the molecule is CC(CCOC(C)(C)C)C(C)(C)C. The van der Waals surface area contributed by atoms with Crippen LogP contribution in [0.3, 0.4) is 0 Å². The van der Waals surface area contributed by atoms with Crippen LogP contribution >= 0.6 is 0 Å². The maximum atomic E-state index is 5.70. The van der Waals surface area contributed by atoms with E-state index in [9.17, 15) is 0 Å². The molecular formula is C12H26O. The molecule has 1 unspecified atom stereocenters. The first kappa shape index (κ1) is 13.0. The Labute approximate surface area is 83.9 Å². The second-order valence-corrected chi connectivity index (χ2v) is 6.02. The lowest BCUT2D eigenvalue weighted by Crippen LogP contribution is -2.24. The molecule has 1 atom stereocenters. The van der Waals surface area contributed by atoms with Gasteiger partial charge in [-0.15, -0.1) is 0 Å². The molecule has 0 fully saturated rings. The molecule has 0 spiro atoms. The Kier molecular flexibility index (Phi) is 4.44. The van der Waals surface area contributed by atoms with Gasteiger partial charge >= 0.3 is 0 Å². The zero-order chi connectivity index (χ0) is 10.7. The topological polar surface area (TPSA) is 9.23 Å². The van der Waals surface area contributed by atoms with E-state index in [4.69, 9.17) is 4.74 Å². The van der Waals surface area contributed by atoms with E-state index in [1.807, 2.05) is 0 Å². The number of rotatable bonds is 3. The van der Waals surface area contributed by atoms with Crippen molar-refractivity contribution >= 4 is 0 Å². The van der Waals surface area contributed by atoms with E-state index in [2.05, 4.69) is 48.5 Å². The maximum Gasteiger partial charge on any atom is 0.0598 e. The van der Waals surface area contributed by atoms with Gasteiger partial charge in [0.1, 0.15) is 0 Å². The summed E-state index contributed by atoms with van der Waals surface area (Å²) < 4.78 is 5.70. The summed E-state index contributed by atoms with van der Waals surface area (Å²) in [5.74, 6) is 0.717. The van der Waals surface area contributed by atoms with Crippen LogP contribution in [0.2, 0.25) is 0 Å². The molecule has 1 heteroatoms. The van der Waals surface area contributed by atoms with Crippen molar-refractivity contribution in [3.05, 3.63) is 0 Å². The summed E-state index contributed by atoms with van der Waals surface area (Å²) in [7, 11) is 0. The van der Waals surface area contributed by atoms with E-state index >= 15 is 0 Å². The molecule has 0 aliphatic heterocycles. The molecule has 1 nitrogen and oxygen atoms in total. The molecule has 0 bridgehead atoms. The molecule has 0 aromatic rings. The van der Waals surface area contributed by atoms with Crippen molar-refractivity contribution in [2.75, 3.05) is 6.61 Å². The fourth-order valence-electron chi connectivity index (χ4n) is 0.975. The Morgan fingerprint density at radius 3 is 1.77 bits per heavy atom. The van der Waals surface area contributed by atoms with Crippen molar-refractivity contribution in [3.8, 4) is 0 Å². The van der Waals surface area contributed by atoms with Gasteiger partial charge in [-0.1, -0.05) is 27.7 Å². The van der Waals surface area contributed by atoms with Gasteiger partial charge in [0.05, 0.1) is 5.60 Å². The Balaban J connectivity index is 3.67. The van der Waals surface area contributed by atoms with Gasteiger partial charge in [-0.3, -0.25) is 0 Å². The standard InChI is InChI=1S/C12H26O/c1-10(11(2,3)4)8-9-13-12(5,6)7/h10H,8-9H2,1-7H3. The summed E-state index contributed by atoms with van der Waals surface area (Å²) in [6.45, 7) is 16.4. The summed E-state index contributed by atoms with van der Waals surface area (Å²) in [5.41, 5.74) is 0.416. The minimum atomic E-state index is 0.0115. The quantitative estimate of drug-likeness (QED) is 0.650. The van der Waals surface area contributed by atoms with Crippen LogP contribution < -0.4 is 0 Å². The average Bonchev–Trinajstić information content (AvgIpc) is 1.82.